The molecule has 0 atom stereocenters. The number of nitrogens with zero attached hydrogens (tertiary/aromatic N) is 4. The van der Waals surface area contributed by atoms with E-state index < -0.39 is 0 Å². The van der Waals surface area contributed by atoms with Gasteiger partial charge >= 0.3 is 0 Å². The Morgan fingerprint density at radius 1 is 1.29 bits per heavy atom. The molecule has 0 saturated heterocycles. The van der Waals surface area contributed by atoms with Crippen LogP contribution >= 0.6 is 11.8 Å². The van der Waals surface area contributed by atoms with E-state index in [1.54, 1.807) is 10.9 Å². The summed E-state index contributed by atoms with van der Waals surface area (Å²) in [6.07, 6.45) is 3.16. The lowest BCUT2D eigenvalue weighted by Gasteiger charge is -2.03. The van der Waals surface area contributed by atoms with Crippen molar-refractivity contribution in [1.82, 2.24) is 25.2 Å². The van der Waals surface area contributed by atoms with Crippen LogP contribution in [0.15, 0.2) is 47.9 Å². The van der Waals surface area contributed by atoms with E-state index >= 15 is 0 Å². The molecular formula is C13H12N6OS. The summed E-state index contributed by atoms with van der Waals surface area (Å²) in [4.78, 5) is 19.7. The second-order valence-corrected chi connectivity index (χ2v) is 5.13. The van der Waals surface area contributed by atoms with Crippen LogP contribution in [0.25, 0.3) is 16.7 Å². The predicted molar refractivity (Wildman–Crippen MR) is 79.7 cm³/mol. The Morgan fingerprint density at radius 3 is 2.86 bits per heavy atom. The number of carbonyl (C=O) groups excluding carboxylic acids is 1. The Kier molecular flexibility index (Phi) is 3.80. The number of aromatic nitrogens is 4. The first-order valence-electron chi connectivity index (χ1n) is 6.16. The number of para-hydroxylation sites is 1. The number of carbonyl (C=O) groups is 1. The molecule has 0 bridgehead atoms. The summed E-state index contributed by atoms with van der Waals surface area (Å²) in [5, 5.41) is 5.85. The van der Waals surface area contributed by atoms with Gasteiger partial charge in [0.2, 0.25) is 5.91 Å². The molecule has 2 heterocycles. The molecule has 3 rings (SSSR count). The minimum atomic E-state index is -0.262. The van der Waals surface area contributed by atoms with Crippen molar-refractivity contribution in [3.05, 3.63) is 42.9 Å². The summed E-state index contributed by atoms with van der Waals surface area (Å²) < 4.78 is 1.74. The standard InChI is InChI=1S/C13H12N6OS/c14-18-11(20)7-21-13-10-6-17-19(12(10)15-8-16-13)9-4-2-1-3-5-9/h1-6,8H,7,14H2,(H,18,20). The number of thioether (sulfide) groups is 1. The number of benzene rings is 1. The fourth-order valence-electron chi connectivity index (χ4n) is 1.87. The second kappa shape index (κ2) is 5.90. The van der Waals surface area contributed by atoms with E-state index in [4.69, 9.17) is 5.84 Å². The van der Waals surface area contributed by atoms with E-state index in [0.29, 0.717) is 10.7 Å². The number of rotatable bonds is 4. The van der Waals surface area contributed by atoms with Crippen molar-refractivity contribution in [2.75, 3.05) is 5.75 Å². The van der Waals surface area contributed by atoms with Gasteiger partial charge in [-0.3, -0.25) is 10.2 Å². The number of hydrazine groups is 1. The second-order valence-electron chi connectivity index (χ2n) is 4.16. The molecule has 7 nitrogen and oxygen atoms in total. The predicted octanol–water partition coefficient (Wildman–Crippen LogP) is 0.897. The fraction of sp³-hybridized carbons (Fsp3) is 0.0769. The van der Waals surface area contributed by atoms with Crippen molar-refractivity contribution in [1.29, 1.82) is 0 Å². The highest BCUT2D eigenvalue weighted by atomic mass is 32.2. The van der Waals surface area contributed by atoms with Gasteiger partial charge in [-0.2, -0.15) is 5.10 Å². The topological polar surface area (TPSA) is 98.7 Å². The van der Waals surface area contributed by atoms with Crippen LogP contribution < -0.4 is 11.3 Å². The van der Waals surface area contributed by atoms with E-state index in [2.05, 4.69) is 20.5 Å². The van der Waals surface area contributed by atoms with Crippen molar-refractivity contribution in [2.24, 2.45) is 5.84 Å². The first kappa shape index (κ1) is 13.5. The largest absolute Gasteiger partial charge is 0.294 e. The van der Waals surface area contributed by atoms with E-state index in [-0.39, 0.29) is 11.7 Å². The highest BCUT2D eigenvalue weighted by Crippen LogP contribution is 2.25. The van der Waals surface area contributed by atoms with Gasteiger partial charge in [0, 0.05) is 0 Å². The first-order chi connectivity index (χ1) is 10.3. The summed E-state index contributed by atoms with van der Waals surface area (Å²) in [5.41, 5.74) is 3.71. The molecule has 0 unspecified atom stereocenters. The monoisotopic (exact) mass is 300 g/mol. The molecule has 0 aliphatic carbocycles. The summed E-state index contributed by atoms with van der Waals surface area (Å²) in [6, 6.07) is 9.71. The van der Waals surface area contributed by atoms with Crippen LogP contribution in [0.2, 0.25) is 0 Å². The summed E-state index contributed by atoms with van der Waals surface area (Å²) >= 11 is 1.29. The average molecular weight is 300 g/mol. The van der Waals surface area contributed by atoms with Gasteiger partial charge in [0.05, 0.1) is 23.0 Å². The zero-order chi connectivity index (χ0) is 14.7. The third-order valence-corrected chi connectivity index (χ3v) is 3.84. The highest BCUT2D eigenvalue weighted by Gasteiger charge is 2.12. The molecule has 0 radical (unpaired) electrons. The molecule has 1 amide bonds. The molecule has 0 aliphatic rings. The fourth-order valence-corrected chi connectivity index (χ4v) is 2.64. The Hall–Kier alpha value is -2.45. The van der Waals surface area contributed by atoms with Crippen molar-refractivity contribution < 1.29 is 4.79 Å². The van der Waals surface area contributed by atoms with Gasteiger partial charge in [-0.1, -0.05) is 30.0 Å². The van der Waals surface area contributed by atoms with Crippen LogP contribution in [-0.2, 0) is 4.79 Å². The van der Waals surface area contributed by atoms with Crippen LogP contribution in [-0.4, -0.2) is 31.4 Å². The first-order valence-corrected chi connectivity index (χ1v) is 7.14. The van der Waals surface area contributed by atoms with Crippen LogP contribution in [0.3, 0.4) is 0 Å². The maximum Gasteiger partial charge on any atom is 0.244 e. The molecule has 0 fully saturated rings. The van der Waals surface area contributed by atoms with Gasteiger partial charge < -0.3 is 0 Å². The summed E-state index contributed by atoms with van der Waals surface area (Å²) in [7, 11) is 0. The molecule has 2 aromatic heterocycles. The molecule has 0 spiro atoms. The molecule has 0 aliphatic heterocycles. The third-order valence-electron chi connectivity index (χ3n) is 2.83. The van der Waals surface area contributed by atoms with E-state index in [1.165, 1.54) is 18.1 Å². The normalized spacial score (nSPS) is 10.7. The van der Waals surface area contributed by atoms with E-state index in [0.717, 1.165) is 11.1 Å². The van der Waals surface area contributed by atoms with Gasteiger partial charge in [0.1, 0.15) is 11.4 Å². The van der Waals surface area contributed by atoms with Crippen molar-refractivity contribution in [2.45, 2.75) is 5.03 Å². The molecule has 3 aromatic rings. The third kappa shape index (κ3) is 2.71. The Balaban J connectivity index is 1.98. The summed E-state index contributed by atoms with van der Waals surface area (Å²) in [5.74, 6) is 5.00. The summed E-state index contributed by atoms with van der Waals surface area (Å²) in [6.45, 7) is 0. The molecule has 8 heteroatoms. The minimum absolute atomic E-state index is 0.194. The quantitative estimate of drug-likeness (QED) is 0.244. The average Bonchev–Trinajstić information content (AvgIpc) is 2.98. The van der Waals surface area contributed by atoms with Crippen LogP contribution in [0.4, 0.5) is 0 Å². The van der Waals surface area contributed by atoms with Gasteiger partial charge in [0.15, 0.2) is 5.65 Å². The maximum absolute atomic E-state index is 11.2. The number of fused-ring (bicyclic) bond motifs is 1. The van der Waals surface area contributed by atoms with Gasteiger partial charge in [0.25, 0.3) is 0 Å². The number of amides is 1. The van der Waals surface area contributed by atoms with Gasteiger partial charge in [-0.05, 0) is 12.1 Å². The smallest absolute Gasteiger partial charge is 0.244 e. The van der Waals surface area contributed by atoms with Crippen LogP contribution in [0.5, 0.6) is 0 Å². The lowest BCUT2D eigenvalue weighted by Crippen LogP contribution is -2.31. The van der Waals surface area contributed by atoms with E-state index in [9.17, 15) is 4.79 Å². The molecule has 1 aromatic carbocycles. The Labute approximate surface area is 124 Å². The van der Waals surface area contributed by atoms with Crippen LogP contribution in [0, 0.1) is 0 Å². The van der Waals surface area contributed by atoms with Gasteiger partial charge in [-0.25, -0.2) is 20.5 Å². The van der Waals surface area contributed by atoms with Crippen molar-refractivity contribution >= 4 is 28.7 Å². The van der Waals surface area contributed by atoms with Crippen molar-refractivity contribution in [3.8, 4) is 5.69 Å². The van der Waals surface area contributed by atoms with E-state index in [1.807, 2.05) is 30.3 Å². The lowest BCUT2D eigenvalue weighted by molar-refractivity contribution is -0.118. The van der Waals surface area contributed by atoms with Crippen molar-refractivity contribution in [3.63, 3.8) is 0 Å². The molecule has 21 heavy (non-hydrogen) atoms. The molecule has 106 valence electrons. The highest BCUT2D eigenvalue weighted by molar-refractivity contribution is 8.00. The number of nitrogens with one attached hydrogen (secondary N) is 1. The minimum Gasteiger partial charge on any atom is -0.294 e. The molecule has 0 saturated carbocycles. The van der Waals surface area contributed by atoms with Gasteiger partial charge in [-0.15, -0.1) is 0 Å². The number of hydrogen-bond donors (Lipinski definition) is 2. The van der Waals surface area contributed by atoms with Crippen LogP contribution in [0.1, 0.15) is 0 Å². The number of hydrogen-bond acceptors (Lipinski definition) is 6. The SMILES string of the molecule is NNC(=O)CSc1ncnc2c1cnn2-c1ccccc1. The zero-order valence-electron chi connectivity index (χ0n) is 10.9. The lowest BCUT2D eigenvalue weighted by atomic mass is 10.3. The number of nitrogens with two attached hydrogens (primary N) is 1. The maximum atomic E-state index is 11.2. The zero-order valence-corrected chi connectivity index (χ0v) is 11.7. The Bertz CT molecular complexity index is 773. The molecule has 3 N–H and O–H groups in total. The molecular weight excluding hydrogens is 288 g/mol. The Morgan fingerprint density at radius 2 is 2.10 bits per heavy atom.